The van der Waals surface area contributed by atoms with Gasteiger partial charge in [0.25, 0.3) is 0 Å². The number of nitrogens with zero attached hydrogens (tertiary/aromatic N) is 2. The molecule has 4 nitrogen and oxygen atoms in total. The van der Waals surface area contributed by atoms with Crippen molar-refractivity contribution in [3.05, 3.63) is 0 Å². The highest BCUT2D eigenvalue weighted by Gasteiger charge is 2.25. The number of hydrogen-bond donors (Lipinski definition) is 2. The van der Waals surface area contributed by atoms with E-state index in [1.165, 1.54) is 6.34 Å². The molecule has 0 bridgehead atoms. The Morgan fingerprint density at radius 3 is 2.50 bits per heavy atom. The van der Waals surface area contributed by atoms with Gasteiger partial charge in [-0.2, -0.15) is 0 Å². The molecule has 0 fully saturated rings. The smallest absolute Gasteiger partial charge is 0.278 e. The molecule has 0 unspecified atom stereocenters. The second-order valence-electron chi connectivity index (χ2n) is 2.13. The van der Waals surface area contributed by atoms with Crippen molar-refractivity contribution in [2.24, 2.45) is 5.10 Å². The summed E-state index contributed by atoms with van der Waals surface area (Å²) in [4.78, 5) is 0. The third-order valence-electron chi connectivity index (χ3n) is 1.09. The maximum Gasteiger partial charge on any atom is 0.326 e. The fourth-order valence-corrected chi connectivity index (χ4v) is 0.450. The van der Waals surface area contributed by atoms with Gasteiger partial charge >= 0.3 is 5.96 Å². The predicted octanol–water partition coefficient (Wildman–Crippen LogP) is -0.456. The van der Waals surface area contributed by atoms with Gasteiger partial charge in [0.2, 0.25) is 0 Å². The lowest BCUT2D eigenvalue weighted by molar-refractivity contribution is -0.804. The predicted molar refractivity (Wildman–Crippen MR) is 31.5 cm³/mol. The summed E-state index contributed by atoms with van der Waals surface area (Å²) >= 11 is 0. The SMILES string of the molecule is C[N+]1(C)N=CNC1=N. The van der Waals surface area contributed by atoms with Gasteiger partial charge in [-0.25, -0.2) is 5.41 Å². The van der Waals surface area contributed by atoms with E-state index >= 15 is 0 Å². The van der Waals surface area contributed by atoms with Gasteiger partial charge in [-0.1, -0.05) is 5.10 Å². The van der Waals surface area contributed by atoms with E-state index in [0.717, 1.165) is 0 Å². The molecule has 1 heterocycles. The van der Waals surface area contributed by atoms with Crippen LogP contribution in [-0.2, 0) is 0 Å². The Bertz CT molecular complexity index is 146. The fourth-order valence-electron chi connectivity index (χ4n) is 0.450. The van der Waals surface area contributed by atoms with Gasteiger partial charge in [0.05, 0.1) is 0 Å². The summed E-state index contributed by atoms with van der Waals surface area (Å²) in [6, 6.07) is 0. The Morgan fingerprint density at radius 1 is 1.75 bits per heavy atom. The maximum atomic E-state index is 7.19. The zero-order chi connectivity index (χ0) is 6.20. The molecular formula is C4H9N4+. The largest absolute Gasteiger partial charge is 0.326 e. The van der Waals surface area contributed by atoms with Crippen molar-refractivity contribution < 1.29 is 4.59 Å². The molecular weight excluding hydrogens is 104 g/mol. The second kappa shape index (κ2) is 1.29. The van der Waals surface area contributed by atoms with Crippen molar-refractivity contribution >= 4 is 12.3 Å². The standard InChI is InChI=1S/C4H9N4/c1-8(2)4(5)6-3-7-8/h3H,1-2H3,(H2,5,6,7)/q+1. The molecule has 0 spiro atoms. The van der Waals surface area contributed by atoms with Gasteiger partial charge in [-0.3, -0.25) is 5.32 Å². The zero-order valence-electron chi connectivity index (χ0n) is 4.97. The van der Waals surface area contributed by atoms with Crippen molar-refractivity contribution in [2.75, 3.05) is 14.1 Å². The first-order chi connectivity index (χ1) is 3.63. The van der Waals surface area contributed by atoms with E-state index in [9.17, 15) is 0 Å². The minimum absolute atomic E-state index is 0.278. The van der Waals surface area contributed by atoms with Crippen LogP contribution in [0.4, 0.5) is 0 Å². The first kappa shape index (κ1) is 5.24. The number of nitrogens with one attached hydrogen (secondary N) is 2. The minimum Gasteiger partial charge on any atom is -0.278 e. The van der Waals surface area contributed by atoms with Crippen LogP contribution in [0.5, 0.6) is 0 Å². The van der Waals surface area contributed by atoms with Gasteiger partial charge in [0.1, 0.15) is 14.1 Å². The topological polar surface area (TPSA) is 48.2 Å². The van der Waals surface area contributed by atoms with E-state index in [0.29, 0.717) is 5.96 Å². The molecule has 0 amide bonds. The van der Waals surface area contributed by atoms with Crippen LogP contribution in [0.25, 0.3) is 0 Å². The number of quaternary nitrogens is 1. The summed E-state index contributed by atoms with van der Waals surface area (Å²) in [5, 5.41) is 13.8. The van der Waals surface area contributed by atoms with E-state index in [4.69, 9.17) is 5.41 Å². The molecule has 0 aromatic carbocycles. The first-order valence-corrected chi connectivity index (χ1v) is 2.36. The molecule has 1 rings (SSSR count). The van der Waals surface area contributed by atoms with Gasteiger partial charge in [0.15, 0.2) is 6.34 Å². The first-order valence-electron chi connectivity index (χ1n) is 2.36. The van der Waals surface area contributed by atoms with Crippen molar-refractivity contribution in [3.63, 3.8) is 0 Å². The van der Waals surface area contributed by atoms with Crippen LogP contribution < -0.4 is 5.32 Å². The quantitative estimate of drug-likeness (QED) is 0.410. The van der Waals surface area contributed by atoms with Crippen LogP contribution in [0.15, 0.2) is 5.10 Å². The Kier molecular flexibility index (Phi) is 0.844. The number of guanidine groups is 1. The van der Waals surface area contributed by atoms with E-state index in [-0.39, 0.29) is 4.59 Å². The monoisotopic (exact) mass is 113 g/mol. The highest BCUT2D eigenvalue weighted by Crippen LogP contribution is 1.99. The lowest BCUT2D eigenvalue weighted by Crippen LogP contribution is -2.41. The Balaban J connectivity index is 2.82. The molecule has 0 saturated heterocycles. The summed E-state index contributed by atoms with van der Waals surface area (Å²) in [7, 11) is 3.66. The lowest BCUT2D eigenvalue weighted by Gasteiger charge is -2.13. The average molecular weight is 113 g/mol. The van der Waals surface area contributed by atoms with Crippen LogP contribution in [0.2, 0.25) is 0 Å². The van der Waals surface area contributed by atoms with Crippen molar-refractivity contribution in [1.82, 2.24) is 5.32 Å². The minimum atomic E-state index is 0.278. The summed E-state index contributed by atoms with van der Waals surface area (Å²) in [6.45, 7) is 0. The van der Waals surface area contributed by atoms with Crippen LogP contribution in [0.1, 0.15) is 0 Å². The molecule has 1 aliphatic rings. The third kappa shape index (κ3) is 0.586. The summed E-state index contributed by atoms with van der Waals surface area (Å²) in [5.41, 5.74) is 0. The summed E-state index contributed by atoms with van der Waals surface area (Å²) in [5.74, 6) is 0.407. The fraction of sp³-hybridized carbons (Fsp3) is 0.500. The highest BCUT2D eigenvalue weighted by molar-refractivity contribution is 5.86. The Morgan fingerprint density at radius 2 is 2.38 bits per heavy atom. The van der Waals surface area contributed by atoms with Gasteiger partial charge < -0.3 is 0 Å². The molecule has 44 valence electrons. The third-order valence-corrected chi connectivity index (χ3v) is 1.09. The summed E-state index contributed by atoms with van der Waals surface area (Å²) < 4.78 is 0.278. The van der Waals surface area contributed by atoms with E-state index in [2.05, 4.69) is 10.4 Å². The van der Waals surface area contributed by atoms with Gasteiger partial charge in [-0.15, -0.1) is 4.59 Å². The van der Waals surface area contributed by atoms with Crippen LogP contribution in [0, 0.1) is 5.41 Å². The van der Waals surface area contributed by atoms with Crippen LogP contribution in [0.3, 0.4) is 0 Å². The molecule has 2 N–H and O–H groups in total. The summed E-state index contributed by atoms with van der Waals surface area (Å²) in [6.07, 6.45) is 1.53. The van der Waals surface area contributed by atoms with Gasteiger partial charge in [0, 0.05) is 0 Å². The maximum absolute atomic E-state index is 7.19. The molecule has 0 aromatic rings. The zero-order valence-corrected chi connectivity index (χ0v) is 4.97. The molecule has 0 aliphatic carbocycles. The number of rotatable bonds is 0. The normalized spacial score (nSPS) is 23.5. The van der Waals surface area contributed by atoms with E-state index in [1.54, 1.807) is 0 Å². The van der Waals surface area contributed by atoms with Crippen molar-refractivity contribution in [3.8, 4) is 0 Å². The average Bonchev–Trinajstić information content (AvgIpc) is 1.86. The molecule has 0 radical (unpaired) electrons. The molecule has 0 aromatic heterocycles. The molecule has 0 atom stereocenters. The lowest BCUT2D eigenvalue weighted by atomic mass is 10.8. The van der Waals surface area contributed by atoms with Crippen LogP contribution in [-0.4, -0.2) is 31.0 Å². The second-order valence-corrected chi connectivity index (χ2v) is 2.13. The van der Waals surface area contributed by atoms with E-state index in [1.807, 2.05) is 14.1 Å². The van der Waals surface area contributed by atoms with E-state index < -0.39 is 0 Å². The van der Waals surface area contributed by atoms with Crippen LogP contribution >= 0.6 is 0 Å². The molecule has 4 heteroatoms. The molecule has 8 heavy (non-hydrogen) atoms. The number of hydrogen-bond acceptors (Lipinski definition) is 2. The van der Waals surface area contributed by atoms with Gasteiger partial charge in [-0.05, 0) is 0 Å². The van der Waals surface area contributed by atoms with Crippen molar-refractivity contribution in [1.29, 1.82) is 5.41 Å². The Hall–Kier alpha value is -0.900. The van der Waals surface area contributed by atoms with Crippen molar-refractivity contribution in [2.45, 2.75) is 0 Å². The highest BCUT2D eigenvalue weighted by atomic mass is 15.7. The molecule has 1 aliphatic heterocycles. The Labute approximate surface area is 47.9 Å². The molecule has 0 saturated carbocycles.